The van der Waals surface area contributed by atoms with Gasteiger partial charge >= 0.3 is 5.63 Å². The summed E-state index contributed by atoms with van der Waals surface area (Å²) >= 11 is 4.85. The molecule has 0 unspecified atom stereocenters. The normalized spacial score (nSPS) is 11.6. The zero-order chi connectivity index (χ0) is 24.6. The zero-order valence-corrected chi connectivity index (χ0v) is 21.4. The van der Waals surface area contributed by atoms with Gasteiger partial charge in [-0.2, -0.15) is 5.10 Å². The minimum atomic E-state index is -0.422. The molecule has 0 aliphatic rings. The van der Waals surface area contributed by atoms with Gasteiger partial charge in [-0.1, -0.05) is 46.3 Å². The standard InChI is InChI=1S/C27H18BrN5O2S/c1-16-10-11-33-22(25(31-24(33)12-16)17-6-8-19(28)9-7-17)14-29-32-27-30-21(15-36-27)20-13-18-4-2-3-5-23(18)35-26(20)34/h2-15H,1H3,(H,30,32)/b29-14+. The molecule has 6 rings (SSSR count). The number of halogens is 1. The molecular formula is C27H18BrN5O2S. The summed E-state index contributed by atoms with van der Waals surface area (Å²) in [6.07, 6.45) is 3.72. The number of nitrogens with zero attached hydrogens (tertiary/aromatic N) is 4. The lowest BCUT2D eigenvalue weighted by atomic mass is 10.1. The number of pyridine rings is 1. The lowest BCUT2D eigenvalue weighted by Crippen LogP contribution is -2.03. The van der Waals surface area contributed by atoms with E-state index in [1.807, 2.05) is 77.5 Å². The lowest BCUT2D eigenvalue weighted by molar-refractivity contribution is 0.563. The van der Waals surface area contributed by atoms with E-state index in [1.54, 1.807) is 18.3 Å². The fraction of sp³-hybridized carbons (Fsp3) is 0.0370. The summed E-state index contributed by atoms with van der Waals surface area (Å²) in [6.45, 7) is 2.04. The summed E-state index contributed by atoms with van der Waals surface area (Å²) < 4.78 is 8.45. The van der Waals surface area contributed by atoms with Crippen molar-refractivity contribution in [1.29, 1.82) is 0 Å². The van der Waals surface area contributed by atoms with Crippen molar-refractivity contribution < 1.29 is 4.42 Å². The van der Waals surface area contributed by atoms with E-state index < -0.39 is 5.63 Å². The quantitative estimate of drug-likeness (QED) is 0.144. The lowest BCUT2D eigenvalue weighted by Gasteiger charge is -2.01. The molecule has 4 heterocycles. The molecule has 0 radical (unpaired) electrons. The van der Waals surface area contributed by atoms with Crippen LogP contribution in [0.3, 0.4) is 0 Å². The summed E-state index contributed by atoms with van der Waals surface area (Å²) in [5.74, 6) is 0. The first-order chi connectivity index (χ1) is 17.5. The molecule has 176 valence electrons. The maximum absolute atomic E-state index is 12.5. The van der Waals surface area contributed by atoms with Crippen molar-refractivity contribution in [3.05, 3.63) is 104 Å². The van der Waals surface area contributed by atoms with Crippen molar-refractivity contribution in [2.24, 2.45) is 5.10 Å². The number of benzene rings is 2. The van der Waals surface area contributed by atoms with Gasteiger partial charge in [0.2, 0.25) is 5.13 Å². The third-order valence-corrected chi connectivity index (χ3v) is 6.98. The Hall–Kier alpha value is -4.08. The monoisotopic (exact) mass is 555 g/mol. The number of rotatable bonds is 5. The van der Waals surface area contributed by atoms with Crippen molar-refractivity contribution in [2.45, 2.75) is 6.92 Å². The molecule has 0 atom stereocenters. The molecule has 36 heavy (non-hydrogen) atoms. The van der Waals surface area contributed by atoms with E-state index in [0.29, 0.717) is 22.0 Å². The number of hydrogen-bond acceptors (Lipinski definition) is 7. The van der Waals surface area contributed by atoms with Crippen LogP contribution in [-0.2, 0) is 0 Å². The van der Waals surface area contributed by atoms with Crippen molar-refractivity contribution in [2.75, 3.05) is 5.43 Å². The highest BCUT2D eigenvalue weighted by Crippen LogP contribution is 2.27. The SMILES string of the molecule is Cc1ccn2c(/C=N/Nc3nc(-c4cc5ccccc5oc4=O)cs3)c(-c3ccc(Br)cc3)nc2c1. The van der Waals surface area contributed by atoms with E-state index in [9.17, 15) is 4.79 Å². The number of aromatic nitrogens is 3. The van der Waals surface area contributed by atoms with Crippen LogP contribution in [0.1, 0.15) is 11.3 Å². The molecule has 4 aromatic heterocycles. The van der Waals surface area contributed by atoms with E-state index >= 15 is 0 Å². The molecule has 2 aromatic carbocycles. The van der Waals surface area contributed by atoms with E-state index in [-0.39, 0.29) is 0 Å². The van der Waals surface area contributed by atoms with Gasteiger partial charge in [0.15, 0.2) is 0 Å². The van der Waals surface area contributed by atoms with Crippen LogP contribution in [-0.4, -0.2) is 20.6 Å². The number of thiazole rings is 1. The van der Waals surface area contributed by atoms with Crippen molar-refractivity contribution >= 4 is 55.2 Å². The van der Waals surface area contributed by atoms with E-state index in [1.165, 1.54) is 11.3 Å². The molecule has 0 aliphatic carbocycles. The Morgan fingerprint density at radius 1 is 1.08 bits per heavy atom. The number of imidazole rings is 1. The Labute approximate surface area is 217 Å². The molecule has 6 aromatic rings. The summed E-state index contributed by atoms with van der Waals surface area (Å²) in [4.78, 5) is 21.9. The number of anilines is 1. The number of hydrogen-bond donors (Lipinski definition) is 1. The number of aryl methyl sites for hydroxylation is 1. The first kappa shape index (κ1) is 22.4. The average Bonchev–Trinajstić information content (AvgIpc) is 3.49. The van der Waals surface area contributed by atoms with E-state index in [4.69, 9.17) is 9.40 Å². The first-order valence-corrected chi connectivity index (χ1v) is 12.7. The predicted octanol–water partition coefficient (Wildman–Crippen LogP) is 6.75. The van der Waals surface area contributed by atoms with Crippen LogP contribution in [0.5, 0.6) is 0 Å². The summed E-state index contributed by atoms with van der Waals surface area (Å²) in [6, 6.07) is 21.3. The zero-order valence-electron chi connectivity index (χ0n) is 19.0. The highest BCUT2D eigenvalue weighted by molar-refractivity contribution is 9.10. The molecule has 0 spiro atoms. The van der Waals surface area contributed by atoms with E-state index in [0.717, 1.165) is 38.0 Å². The van der Waals surface area contributed by atoms with Gasteiger partial charge < -0.3 is 4.42 Å². The minimum Gasteiger partial charge on any atom is -0.422 e. The van der Waals surface area contributed by atoms with Crippen molar-refractivity contribution in [3.8, 4) is 22.5 Å². The molecule has 0 bridgehead atoms. The molecule has 7 nitrogen and oxygen atoms in total. The van der Waals surface area contributed by atoms with Gasteiger partial charge in [0.05, 0.1) is 28.9 Å². The molecule has 0 saturated heterocycles. The van der Waals surface area contributed by atoms with Crippen molar-refractivity contribution in [1.82, 2.24) is 14.4 Å². The largest absolute Gasteiger partial charge is 0.422 e. The predicted molar refractivity (Wildman–Crippen MR) is 148 cm³/mol. The molecule has 0 fully saturated rings. The molecule has 9 heteroatoms. The fourth-order valence-corrected chi connectivity index (χ4v) is 4.87. The fourth-order valence-electron chi connectivity index (χ4n) is 3.95. The average molecular weight is 556 g/mol. The van der Waals surface area contributed by atoms with Gasteiger partial charge in [-0.25, -0.2) is 14.8 Å². The second kappa shape index (κ2) is 9.18. The second-order valence-corrected chi connectivity index (χ2v) is 9.95. The van der Waals surface area contributed by atoms with Gasteiger partial charge in [-0.05, 0) is 48.9 Å². The Bertz CT molecular complexity index is 1820. The maximum Gasteiger partial charge on any atom is 0.345 e. The topological polar surface area (TPSA) is 84.8 Å². The van der Waals surface area contributed by atoms with Crippen LogP contribution in [0, 0.1) is 6.92 Å². The Morgan fingerprint density at radius 3 is 2.78 bits per heavy atom. The van der Waals surface area contributed by atoms with Gasteiger partial charge in [-0.3, -0.25) is 9.83 Å². The summed E-state index contributed by atoms with van der Waals surface area (Å²) in [7, 11) is 0. The smallest absolute Gasteiger partial charge is 0.345 e. The molecular weight excluding hydrogens is 538 g/mol. The highest BCUT2D eigenvalue weighted by atomic mass is 79.9. The highest BCUT2D eigenvalue weighted by Gasteiger charge is 2.14. The van der Waals surface area contributed by atoms with Gasteiger partial charge in [0.25, 0.3) is 0 Å². The Morgan fingerprint density at radius 2 is 1.92 bits per heavy atom. The van der Waals surface area contributed by atoms with Gasteiger partial charge in [0, 0.05) is 27.0 Å². The van der Waals surface area contributed by atoms with Gasteiger partial charge in [0.1, 0.15) is 11.2 Å². The first-order valence-electron chi connectivity index (χ1n) is 11.1. The van der Waals surface area contributed by atoms with Crippen LogP contribution < -0.4 is 11.1 Å². The Balaban J connectivity index is 1.31. The molecule has 0 aliphatic heterocycles. The van der Waals surface area contributed by atoms with Crippen LogP contribution in [0.15, 0.2) is 97.1 Å². The van der Waals surface area contributed by atoms with Crippen LogP contribution >= 0.6 is 27.3 Å². The Kier molecular flexibility index (Phi) is 5.71. The molecule has 0 saturated carbocycles. The van der Waals surface area contributed by atoms with Crippen LogP contribution in [0.25, 0.3) is 39.1 Å². The third-order valence-electron chi connectivity index (χ3n) is 5.70. The van der Waals surface area contributed by atoms with Gasteiger partial charge in [-0.15, -0.1) is 11.3 Å². The summed E-state index contributed by atoms with van der Waals surface area (Å²) in [5, 5.41) is 7.65. The summed E-state index contributed by atoms with van der Waals surface area (Å²) in [5.41, 5.74) is 8.69. The number of hydrazone groups is 1. The number of para-hydroxylation sites is 1. The molecule has 0 amide bonds. The number of fused-ring (bicyclic) bond motifs is 2. The third kappa shape index (κ3) is 4.23. The second-order valence-electron chi connectivity index (χ2n) is 8.18. The van der Waals surface area contributed by atoms with Crippen LogP contribution in [0.4, 0.5) is 5.13 Å². The van der Waals surface area contributed by atoms with Crippen LogP contribution in [0.2, 0.25) is 0 Å². The molecule has 1 N–H and O–H groups in total. The maximum atomic E-state index is 12.5. The van der Waals surface area contributed by atoms with Crippen molar-refractivity contribution in [3.63, 3.8) is 0 Å². The minimum absolute atomic E-state index is 0.414. The number of nitrogens with one attached hydrogen (secondary N) is 1. The van der Waals surface area contributed by atoms with E-state index in [2.05, 4.69) is 31.4 Å².